The topological polar surface area (TPSA) is 84.0 Å². The summed E-state index contributed by atoms with van der Waals surface area (Å²) in [6.07, 6.45) is -0.447. The standard InChI is InChI=1S/C19H32N4O3.HI/c1-14-9-7-8-10-16(14)25-15(2)13-23-17(20-6)21-11-12-22-18(24)26-19(3,4)5;/h7-10,15H,11-13H2,1-6H3,(H,22,24)(H2,20,21,23);1H. The third kappa shape index (κ3) is 11.6. The minimum atomic E-state index is -0.498. The molecule has 8 heteroatoms. The highest BCUT2D eigenvalue weighted by Crippen LogP contribution is 2.17. The number of guanidine groups is 1. The molecule has 1 unspecified atom stereocenters. The first-order valence-electron chi connectivity index (χ1n) is 8.85. The van der Waals surface area contributed by atoms with E-state index in [4.69, 9.17) is 9.47 Å². The lowest BCUT2D eigenvalue weighted by Crippen LogP contribution is -2.44. The van der Waals surface area contributed by atoms with Crippen molar-refractivity contribution in [2.45, 2.75) is 46.3 Å². The van der Waals surface area contributed by atoms with E-state index in [1.54, 1.807) is 7.05 Å². The summed E-state index contributed by atoms with van der Waals surface area (Å²) in [4.78, 5) is 15.7. The van der Waals surface area contributed by atoms with Gasteiger partial charge in [-0.05, 0) is 46.2 Å². The summed E-state index contributed by atoms with van der Waals surface area (Å²) < 4.78 is 11.1. The fraction of sp³-hybridized carbons (Fsp3) is 0.579. The van der Waals surface area contributed by atoms with E-state index in [1.165, 1.54) is 0 Å². The molecule has 0 aliphatic rings. The Morgan fingerprint density at radius 3 is 2.37 bits per heavy atom. The van der Waals surface area contributed by atoms with Crippen LogP contribution in [-0.2, 0) is 4.74 Å². The van der Waals surface area contributed by atoms with Crippen LogP contribution in [0.3, 0.4) is 0 Å². The molecule has 0 aliphatic carbocycles. The second kappa shape index (κ2) is 12.6. The lowest BCUT2D eigenvalue weighted by Gasteiger charge is -2.20. The molecule has 0 fully saturated rings. The predicted octanol–water partition coefficient (Wildman–Crippen LogP) is 3.07. The normalized spacial score (nSPS) is 12.4. The maximum absolute atomic E-state index is 11.6. The van der Waals surface area contributed by atoms with Gasteiger partial charge in [-0.1, -0.05) is 18.2 Å². The Hall–Kier alpha value is -1.71. The van der Waals surface area contributed by atoms with Crippen molar-refractivity contribution in [1.29, 1.82) is 0 Å². The SMILES string of the molecule is CN=C(NCCNC(=O)OC(C)(C)C)NCC(C)Oc1ccccc1C.I. The molecular weight excluding hydrogens is 459 g/mol. The summed E-state index contributed by atoms with van der Waals surface area (Å²) in [6, 6.07) is 7.93. The number of nitrogens with zero attached hydrogens (tertiary/aromatic N) is 1. The molecule has 0 spiro atoms. The molecular formula is C19H33IN4O3. The molecule has 1 atom stereocenters. The summed E-state index contributed by atoms with van der Waals surface area (Å²) in [7, 11) is 1.70. The fourth-order valence-corrected chi connectivity index (χ4v) is 2.07. The number of carbonyl (C=O) groups is 1. The van der Waals surface area contributed by atoms with Crippen molar-refractivity contribution in [3.63, 3.8) is 0 Å². The first-order chi connectivity index (χ1) is 12.2. The number of para-hydroxylation sites is 1. The van der Waals surface area contributed by atoms with Gasteiger partial charge in [-0.25, -0.2) is 4.79 Å². The van der Waals surface area contributed by atoms with Crippen molar-refractivity contribution in [1.82, 2.24) is 16.0 Å². The maximum Gasteiger partial charge on any atom is 0.407 e. The summed E-state index contributed by atoms with van der Waals surface area (Å²) >= 11 is 0. The smallest absolute Gasteiger partial charge is 0.407 e. The van der Waals surface area contributed by atoms with Crippen LogP contribution in [0, 0.1) is 6.92 Å². The van der Waals surface area contributed by atoms with E-state index in [2.05, 4.69) is 20.9 Å². The molecule has 0 heterocycles. The second-order valence-corrected chi connectivity index (χ2v) is 7.00. The molecule has 3 N–H and O–H groups in total. The average Bonchev–Trinajstić information content (AvgIpc) is 2.54. The molecule has 154 valence electrons. The van der Waals surface area contributed by atoms with Crippen molar-refractivity contribution in [3.8, 4) is 5.75 Å². The first-order valence-corrected chi connectivity index (χ1v) is 8.85. The molecule has 0 saturated heterocycles. The van der Waals surface area contributed by atoms with Gasteiger partial charge in [-0.2, -0.15) is 0 Å². The van der Waals surface area contributed by atoms with Crippen LogP contribution < -0.4 is 20.7 Å². The Balaban J connectivity index is 0.00000676. The van der Waals surface area contributed by atoms with E-state index >= 15 is 0 Å². The van der Waals surface area contributed by atoms with Gasteiger partial charge in [0.25, 0.3) is 0 Å². The Bertz CT molecular complexity index is 603. The monoisotopic (exact) mass is 492 g/mol. The van der Waals surface area contributed by atoms with Gasteiger partial charge in [0.05, 0.1) is 6.54 Å². The van der Waals surface area contributed by atoms with Gasteiger partial charge >= 0.3 is 6.09 Å². The number of nitrogens with one attached hydrogen (secondary N) is 3. The number of alkyl carbamates (subject to hydrolysis) is 1. The van der Waals surface area contributed by atoms with Crippen LogP contribution in [0.4, 0.5) is 4.79 Å². The van der Waals surface area contributed by atoms with Gasteiger partial charge in [0.2, 0.25) is 0 Å². The van der Waals surface area contributed by atoms with Crippen LogP contribution in [0.1, 0.15) is 33.3 Å². The lowest BCUT2D eigenvalue weighted by atomic mass is 10.2. The molecule has 0 aromatic heterocycles. The number of amides is 1. The fourth-order valence-electron chi connectivity index (χ4n) is 2.07. The molecule has 0 aliphatic heterocycles. The molecule has 0 bridgehead atoms. The quantitative estimate of drug-likeness (QED) is 0.236. The second-order valence-electron chi connectivity index (χ2n) is 7.00. The van der Waals surface area contributed by atoms with Gasteiger partial charge in [0.1, 0.15) is 17.5 Å². The van der Waals surface area contributed by atoms with Gasteiger partial charge in [-0.3, -0.25) is 4.99 Å². The largest absolute Gasteiger partial charge is 0.489 e. The summed E-state index contributed by atoms with van der Waals surface area (Å²) in [6.45, 7) is 11.1. The lowest BCUT2D eigenvalue weighted by molar-refractivity contribution is 0.0529. The number of aryl methyl sites for hydroxylation is 1. The minimum Gasteiger partial charge on any atom is -0.489 e. The number of hydrogen-bond acceptors (Lipinski definition) is 4. The zero-order valence-electron chi connectivity index (χ0n) is 17.1. The van der Waals surface area contributed by atoms with Gasteiger partial charge in [-0.15, -0.1) is 24.0 Å². The first kappa shape index (κ1) is 25.3. The number of halogens is 1. The summed E-state index contributed by atoms with van der Waals surface area (Å²) in [5.74, 6) is 1.53. The Labute approximate surface area is 179 Å². The highest BCUT2D eigenvalue weighted by atomic mass is 127. The number of carbonyl (C=O) groups excluding carboxylic acids is 1. The van der Waals surface area contributed by atoms with Crippen LogP contribution in [-0.4, -0.2) is 50.4 Å². The highest BCUT2D eigenvalue weighted by Gasteiger charge is 2.15. The van der Waals surface area contributed by atoms with Crippen molar-refractivity contribution in [3.05, 3.63) is 29.8 Å². The van der Waals surface area contributed by atoms with Crippen LogP contribution in [0.2, 0.25) is 0 Å². The third-order valence-electron chi connectivity index (χ3n) is 3.29. The summed E-state index contributed by atoms with van der Waals surface area (Å²) in [5, 5.41) is 9.03. The van der Waals surface area contributed by atoms with E-state index < -0.39 is 11.7 Å². The Morgan fingerprint density at radius 2 is 1.78 bits per heavy atom. The van der Waals surface area contributed by atoms with Crippen LogP contribution >= 0.6 is 24.0 Å². The van der Waals surface area contributed by atoms with Crippen molar-refractivity contribution < 1.29 is 14.3 Å². The van der Waals surface area contributed by atoms with E-state index in [9.17, 15) is 4.79 Å². The molecule has 7 nitrogen and oxygen atoms in total. The average molecular weight is 492 g/mol. The highest BCUT2D eigenvalue weighted by molar-refractivity contribution is 14.0. The van der Waals surface area contributed by atoms with E-state index in [0.29, 0.717) is 25.6 Å². The predicted molar refractivity (Wildman–Crippen MR) is 120 cm³/mol. The number of aliphatic imine (C=N–C) groups is 1. The van der Waals surface area contributed by atoms with E-state index in [-0.39, 0.29) is 30.1 Å². The Morgan fingerprint density at radius 1 is 1.15 bits per heavy atom. The van der Waals surface area contributed by atoms with E-state index in [0.717, 1.165) is 11.3 Å². The van der Waals surface area contributed by atoms with Crippen molar-refractivity contribution >= 4 is 36.0 Å². The van der Waals surface area contributed by atoms with Gasteiger partial charge in [0, 0.05) is 20.1 Å². The summed E-state index contributed by atoms with van der Waals surface area (Å²) in [5.41, 5.74) is 0.609. The molecule has 1 amide bonds. The van der Waals surface area contributed by atoms with Crippen LogP contribution in [0.5, 0.6) is 5.75 Å². The van der Waals surface area contributed by atoms with Crippen molar-refractivity contribution in [2.24, 2.45) is 4.99 Å². The number of rotatable bonds is 7. The number of benzene rings is 1. The molecule has 27 heavy (non-hydrogen) atoms. The molecule has 1 aromatic rings. The molecule has 1 rings (SSSR count). The zero-order valence-corrected chi connectivity index (χ0v) is 19.4. The van der Waals surface area contributed by atoms with Crippen molar-refractivity contribution in [2.75, 3.05) is 26.7 Å². The molecule has 0 radical (unpaired) electrons. The van der Waals surface area contributed by atoms with Gasteiger partial charge < -0.3 is 25.4 Å². The number of ether oxygens (including phenoxy) is 2. The minimum absolute atomic E-state index is 0. The molecule has 0 saturated carbocycles. The Kier molecular flexibility index (Phi) is 11.8. The number of hydrogen-bond donors (Lipinski definition) is 3. The van der Waals surface area contributed by atoms with E-state index in [1.807, 2.05) is 58.9 Å². The molecule has 1 aromatic carbocycles. The van der Waals surface area contributed by atoms with Gasteiger partial charge in [0.15, 0.2) is 5.96 Å². The van der Waals surface area contributed by atoms with Crippen LogP contribution in [0.25, 0.3) is 0 Å². The van der Waals surface area contributed by atoms with Crippen LogP contribution in [0.15, 0.2) is 29.3 Å². The maximum atomic E-state index is 11.6. The zero-order chi connectivity index (χ0) is 19.6. The third-order valence-corrected chi connectivity index (χ3v) is 3.29.